The van der Waals surface area contributed by atoms with Gasteiger partial charge < -0.3 is 5.32 Å². The molecule has 2 nitrogen and oxygen atoms in total. The molecule has 2 aromatic carbocycles. The highest BCUT2D eigenvalue weighted by Crippen LogP contribution is 2.19. The van der Waals surface area contributed by atoms with E-state index in [2.05, 4.69) is 11.4 Å². The number of amides is 1. The predicted molar refractivity (Wildman–Crippen MR) is 78.2 cm³/mol. The van der Waals surface area contributed by atoms with Crippen LogP contribution in [-0.2, 0) is 0 Å². The summed E-state index contributed by atoms with van der Waals surface area (Å²) >= 11 is 0. The second kappa shape index (κ2) is 5.87. The molecule has 0 fully saturated rings. The number of nitrogens with one attached hydrogen (secondary N) is 1. The molecule has 0 bridgehead atoms. The van der Waals surface area contributed by atoms with Crippen LogP contribution in [0, 0.1) is 19.7 Å². The van der Waals surface area contributed by atoms with E-state index in [1.54, 1.807) is 12.1 Å². The number of aryl methyl sites for hydroxylation is 2. The van der Waals surface area contributed by atoms with Gasteiger partial charge in [-0.15, -0.1) is 0 Å². The van der Waals surface area contributed by atoms with Gasteiger partial charge in [-0.1, -0.05) is 35.9 Å². The zero-order valence-corrected chi connectivity index (χ0v) is 11.9. The average Bonchev–Trinajstić information content (AvgIpc) is 2.38. The van der Waals surface area contributed by atoms with Crippen LogP contribution in [0.2, 0.25) is 0 Å². The Morgan fingerprint density at radius 3 is 2.50 bits per heavy atom. The number of rotatable bonds is 3. The largest absolute Gasteiger partial charge is 0.345 e. The van der Waals surface area contributed by atoms with Crippen molar-refractivity contribution < 1.29 is 9.18 Å². The Balaban J connectivity index is 2.17. The lowest BCUT2D eigenvalue weighted by Crippen LogP contribution is -2.27. The van der Waals surface area contributed by atoms with Crippen molar-refractivity contribution >= 4 is 5.91 Å². The zero-order chi connectivity index (χ0) is 14.7. The fraction of sp³-hybridized carbons (Fsp3) is 0.235. The second-order valence-electron chi connectivity index (χ2n) is 5.04. The van der Waals surface area contributed by atoms with Gasteiger partial charge in [0.15, 0.2) is 0 Å². The van der Waals surface area contributed by atoms with Gasteiger partial charge in [0, 0.05) is 0 Å². The number of hydrogen-bond acceptors (Lipinski definition) is 1. The zero-order valence-electron chi connectivity index (χ0n) is 11.9. The van der Waals surface area contributed by atoms with Crippen molar-refractivity contribution in [3.8, 4) is 0 Å². The normalized spacial score (nSPS) is 12.0. The van der Waals surface area contributed by atoms with Gasteiger partial charge >= 0.3 is 0 Å². The van der Waals surface area contributed by atoms with Crippen molar-refractivity contribution in [1.82, 2.24) is 5.32 Å². The van der Waals surface area contributed by atoms with Gasteiger partial charge in [-0.05, 0) is 44.0 Å². The topological polar surface area (TPSA) is 29.1 Å². The van der Waals surface area contributed by atoms with Crippen LogP contribution in [0.4, 0.5) is 4.39 Å². The van der Waals surface area contributed by atoms with Crippen LogP contribution < -0.4 is 5.32 Å². The lowest BCUT2D eigenvalue weighted by Gasteiger charge is -2.17. The first-order valence-corrected chi connectivity index (χ1v) is 6.61. The monoisotopic (exact) mass is 271 g/mol. The van der Waals surface area contributed by atoms with Crippen molar-refractivity contribution in [2.45, 2.75) is 26.8 Å². The molecule has 0 radical (unpaired) electrons. The third-order valence-corrected chi connectivity index (χ3v) is 3.36. The van der Waals surface area contributed by atoms with E-state index in [0.717, 1.165) is 11.1 Å². The van der Waals surface area contributed by atoms with Crippen molar-refractivity contribution in [3.63, 3.8) is 0 Å². The maximum absolute atomic E-state index is 13.6. The molecule has 104 valence electrons. The van der Waals surface area contributed by atoms with Crippen LogP contribution >= 0.6 is 0 Å². The molecule has 0 spiro atoms. The number of hydrogen-bond donors (Lipinski definition) is 1. The van der Waals surface area contributed by atoms with E-state index in [4.69, 9.17) is 0 Å². The summed E-state index contributed by atoms with van der Waals surface area (Å²) < 4.78 is 13.6. The van der Waals surface area contributed by atoms with E-state index in [1.165, 1.54) is 17.7 Å². The minimum atomic E-state index is -0.502. The van der Waals surface area contributed by atoms with Crippen molar-refractivity contribution in [2.75, 3.05) is 0 Å². The molecule has 0 saturated heterocycles. The summed E-state index contributed by atoms with van der Waals surface area (Å²) in [5, 5.41) is 2.83. The van der Waals surface area contributed by atoms with E-state index in [1.807, 2.05) is 32.9 Å². The smallest absolute Gasteiger partial charge is 0.254 e. The standard InChI is InChI=1S/C17H18FNO/c1-11-8-9-14(12(2)10-11)13(3)19-17(20)15-6-4-5-7-16(15)18/h4-10,13H,1-3H3,(H,19,20). The molecule has 0 heterocycles. The first-order valence-electron chi connectivity index (χ1n) is 6.61. The molecule has 0 saturated carbocycles. The van der Waals surface area contributed by atoms with E-state index in [0.29, 0.717) is 0 Å². The molecule has 1 N–H and O–H groups in total. The Hall–Kier alpha value is -2.16. The Morgan fingerprint density at radius 1 is 1.15 bits per heavy atom. The molecule has 1 amide bonds. The molecule has 3 heteroatoms. The minimum absolute atomic E-state index is 0.0733. The number of carbonyl (C=O) groups is 1. The maximum Gasteiger partial charge on any atom is 0.254 e. The quantitative estimate of drug-likeness (QED) is 0.900. The predicted octanol–water partition coefficient (Wildman–Crippen LogP) is 3.93. The molecule has 0 aliphatic rings. The van der Waals surface area contributed by atoms with E-state index < -0.39 is 11.7 Å². The first kappa shape index (κ1) is 14.3. The molecule has 0 aromatic heterocycles. The fourth-order valence-corrected chi connectivity index (χ4v) is 2.31. The van der Waals surface area contributed by atoms with E-state index in [-0.39, 0.29) is 11.6 Å². The molecular formula is C17H18FNO. The van der Waals surface area contributed by atoms with Crippen LogP contribution in [-0.4, -0.2) is 5.91 Å². The Labute approximate surface area is 118 Å². The van der Waals surface area contributed by atoms with Crippen LogP contribution in [0.3, 0.4) is 0 Å². The first-order chi connectivity index (χ1) is 9.49. The minimum Gasteiger partial charge on any atom is -0.345 e. The average molecular weight is 271 g/mol. The van der Waals surface area contributed by atoms with Crippen LogP contribution in [0.5, 0.6) is 0 Å². The molecular weight excluding hydrogens is 253 g/mol. The van der Waals surface area contributed by atoms with Gasteiger partial charge in [0.05, 0.1) is 11.6 Å². The highest BCUT2D eigenvalue weighted by atomic mass is 19.1. The summed E-state index contributed by atoms with van der Waals surface area (Å²) in [4.78, 5) is 12.1. The highest BCUT2D eigenvalue weighted by Gasteiger charge is 2.15. The lowest BCUT2D eigenvalue weighted by molar-refractivity contribution is 0.0936. The summed E-state index contributed by atoms with van der Waals surface area (Å²) in [6, 6.07) is 11.9. The Bertz CT molecular complexity index is 637. The molecule has 1 unspecified atom stereocenters. The van der Waals surface area contributed by atoms with Gasteiger partial charge in [0.2, 0.25) is 0 Å². The molecule has 0 aliphatic carbocycles. The summed E-state index contributed by atoms with van der Waals surface area (Å²) in [7, 11) is 0. The SMILES string of the molecule is Cc1ccc(C(C)NC(=O)c2ccccc2F)c(C)c1. The summed E-state index contributed by atoms with van der Waals surface area (Å²) in [6.07, 6.45) is 0. The fourth-order valence-electron chi connectivity index (χ4n) is 2.31. The number of carbonyl (C=O) groups excluding carboxylic acids is 1. The summed E-state index contributed by atoms with van der Waals surface area (Å²) in [6.45, 7) is 5.93. The third-order valence-electron chi connectivity index (χ3n) is 3.36. The van der Waals surface area contributed by atoms with Crippen LogP contribution in [0.25, 0.3) is 0 Å². The molecule has 20 heavy (non-hydrogen) atoms. The third kappa shape index (κ3) is 3.05. The Kier molecular flexibility index (Phi) is 4.18. The summed E-state index contributed by atoms with van der Waals surface area (Å²) in [5.41, 5.74) is 3.41. The maximum atomic E-state index is 13.6. The summed E-state index contributed by atoms with van der Waals surface area (Å²) in [5.74, 6) is -0.895. The number of benzene rings is 2. The van der Waals surface area contributed by atoms with Crippen molar-refractivity contribution in [3.05, 3.63) is 70.5 Å². The number of halogens is 1. The van der Waals surface area contributed by atoms with Crippen molar-refractivity contribution in [1.29, 1.82) is 0 Å². The van der Waals surface area contributed by atoms with Gasteiger partial charge in [-0.25, -0.2) is 4.39 Å². The van der Waals surface area contributed by atoms with Crippen molar-refractivity contribution in [2.24, 2.45) is 0 Å². The second-order valence-corrected chi connectivity index (χ2v) is 5.04. The van der Waals surface area contributed by atoms with Crippen LogP contribution in [0.1, 0.15) is 40.0 Å². The molecule has 2 rings (SSSR count). The Morgan fingerprint density at radius 2 is 1.85 bits per heavy atom. The van der Waals surface area contributed by atoms with E-state index >= 15 is 0 Å². The highest BCUT2D eigenvalue weighted by molar-refractivity contribution is 5.94. The lowest BCUT2D eigenvalue weighted by atomic mass is 10.00. The van der Waals surface area contributed by atoms with Gasteiger partial charge in [0.25, 0.3) is 5.91 Å². The van der Waals surface area contributed by atoms with E-state index in [9.17, 15) is 9.18 Å². The van der Waals surface area contributed by atoms with Crippen LogP contribution in [0.15, 0.2) is 42.5 Å². The molecule has 1 atom stereocenters. The molecule has 2 aromatic rings. The van der Waals surface area contributed by atoms with Gasteiger partial charge in [-0.3, -0.25) is 4.79 Å². The van der Waals surface area contributed by atoms with Gasteiger partial charge in [-0.2, -0.15) is 0 Å². The van der Waals surface area contributed by atoms with Gasteiger partial charge in [0.1, 0.15) is 5.82 Å². The molecule has 0 aliphatic heterocycles.